The van der Waals surface area contributed by atoms with Crippen molar-refractivity contribution in [3.63, 3.8) is 0 Å². The van der Waals surface area contributed by atoms with Crippen molar-refractivity contribution < 1.29 is 4.79 Å². The SMILES string of the molecule is CNC(=O)C(C)(C)CNCc1ccc2[nH]ccc2c1. The highest BCUT2D eigenvalue weighted by atomic mass is 16.2. The van der Waals surface area contributed by atoms with Gasteiger partial charge in [0.25, 0.3) is 0 Å². The topological polar surface area (TPSA) is 56.9 Å². The van der Waals surface area contributed by atoms with Gasteiger partial charge in [0.05, 0.1) is 5.41 Å². The first-order chi connectivity index (χ1) is 9.03. The Bertz CT molecular complexity index is 572. The Hall–Kier alpha value is -1.81. The quantitative estimate of drug-likeness (QED) is 0.769. The number of aromatic amines is 1. The maximum absolute atomic E-state index is 11.7. The lowest BCUT2D eigenvalue weighted by molar-refractivity contribution is -0.128. The molecule has 1 amide bonds. The fraction of sp³-hybridized carbons (Fsp3) is 0.400. The molecular weight excluding hydrogens is 238 g/mol. The van der Waals surface area contributed by atoms with Crippen LogP contribution in [0.4, 0.5) is 0 Å². The number of amides is 1. The van der Waals surface area contributed by atoms with Gasteiger partial charge in [-0.1, -0.05) is 6.07 Å². The number of carbonyl (C=O) groups is 1. The molecule has 0 spiro atoms. The summed E-state index contributed by atoms with van der Waals surface area (Å²) in [4.78, 5) is 14.8. The second kappa shape index (κ2) is 5.45. The number of H-pyrrole nitrogens is 1. The summed E-state index contributed by atoms with van der Waals surface area (Å²) in [6.07, 6.45) is 1.94. The summed E-state index contributed by atoms with van der Waals surface area (Å²) in [5, 5.41) is 7.25. The molecule has 0 aliphatic rings. The molecule has 0 aliphatic carbocycles. The molecule has 0 unspecified atom stereocenters. The Balaban J connectivity index is 1.93. The molecule has 3 N–H and O–H groups in total. The van der Waals surface area contributed by atoms with E-state index in [1.807, 2.05) is 20.0 Å². The lowest BCUT2D eigenvalue weighted by Gasteiger charge is -2.22. The lowest BCUT2D eigenvalue weighted by atomic mass is 9.92. The zero-order valence-corrected chi connectivity index (χ0v) is 11.7. The van der Waals surface area contributed by atoms with Crippen LogP contribution < -0.4 is 10.6 Å². The Morgan fingerprint density at radius 3 is 2.84 bits per heavy atom. The van der Waals surface area contributed by atoms with Crippen molar-refractivity contribution in [3.05, 3.63) is 36.0 Å². The van der Waals surface area contributed by atoms with Gasteiger partial charge in [0, 0.05) is 31.9 Å². The maximum Gasteiger partial charge on any atom is 0.226 e. The highest BCUT2D eigenvalue weighted by Gasteiger charge is 2.25. The van der Waals surface area contributed by atoms with Gasteiger partial charge in [-0.15, -0.1) is 0 Å². The second-order valence-electron chi connectivity index (χ2n) is 5.47. The zero-order chi connectivity index (χ0) is 13.9. The number of hydrogen-bond donors (Lipinski definition) is 3. The molecule has 0 atom stereocenters. The fourth-order valence-electron chi connectivity index (χ4n) is 2.15. The first-order valence-electron chi connectivity index (χ1n) is 6.52. The summed E-state index contributed by atoms with van der Waals surface area (Å²) in [6, 6.07) is 8.40. The summed E-state index contributed by atoms with van der Waals surface area (Å²) in [6.45, 7) is 5.29. The van der Waals surface area contributed by atoms with Crippen LogP contribution in [0.3, 0.4) is 0 Å². The molecule has 0 bridgehead atoms. The van der Waals surface area contributed by atoms with E-state index in [2.05, 4.69) is 39.9 Å². The van der Waals surface area contributed by atoms with Gasteiger partial charge >= 0.3 is 0 Å². The molecule has 0 radical (unpaired) electrons. The molecule has 102 valence electrons. The Morgan fingerprint density at radius 1 is 1.32 bits per heavy atom. The van der Waals surface area contributed by atoms with Gasteiger partial charge < -0.3 is 15.6 Å². The predicted octanol–water partition coefficient (Wildman–Crippen LogP) is 2.03. The highest BCUT2D eigenvalue weighted by molar-refractivity contribution is 5.81. The largest absolute Gasteiger partial charge is 0.361 e. The Labute approximate surface area is 113 Å². The fourth-order valence-corrected chi connectivity index (χ4v) is 2.15. The molecule has 0 fully saturated rings. The molecule has 19 heavy (non-hydrogen) atoms. The molecule has 2 rings (SSSR count). The molecule has 1 aromatic carbocycles. The number of nitrogens with one attached hydrogen (secondary N) is 3. The van der Waals surface area contributed by atoms with Crippen LogP contribution in [0.25, 0.3) is 10.9 Å². The van der Waals surface area contributed by atoms with E-state index in [0.29, 0.717) is 6.54 Å². The number of hydrogen-bond acceptors (Lipinski definition) is 2. The van der Waals surface area contributed by atoms with Crippen molar-refractivity contribution in [3.8, 4) is 0 Å². The van der Waals surface area contributed by atoms with E-state index in [9.17, 15) is 4.79 Å². The van der Waals surface area contributed by atoms with Gasteiger partial charge in [-0.2, -0.15) is 0 Å². The van der Waals surface area contributed by atoms with Gasteiger partial charge in [0.2, 0.25) is 5.91 Å². The monoisotopic (exact) mass is 259 g/mol. The summed E-state index contributed by atoms with van der Waals surface area (Å²) in [7, 11) is 1.67. The molecule has 1 heterocycles. The van der Waals surface area contributed by atoms with E-state index in [1.54, 1.807) is 7.05 Å². The van der Waals surface area contributed by atoms with Crippen LogP contribution in [0.15, 0.2) is 30.5 Å². The summed E-state index contributed by atoms with van der Waals surface area (Å²) < 4.78 is 0. The molecule has 4 nitrogen and oxygen atoms in total. The lowest BCUT2D eigenvalue weighted by Crippen LogP contribution is -2.41. The van der Waals surface area contributed by atoms with Gasteiger partial charge in [-0.05, 0) is 43.0 Å². The second-order valence-corrected chi connectivity index (χ2v) is 5.47. The Morgan fingerprint density at radius 2 is 2.11 bits per heavy atom. The van der Waals surface area contributed by atoms with Crippen molar-refractivity contribution in [1.29, 1.82) is 0 Å². The molecule has 4 heteroatoms. The van der Waals surface area contributed by atoms with Gasteiger partial charge in [-0.25, -0.2) is 0 Å². The van der Waals surface area contributed by atoms with Crippen molar-refractivity contribution in [2.45, 2.75) is 20.4 Å². The van der Waals surface area contributed by atoms with E-state index in [-0.39, 0.29) is 5.91 Å². The third kappa shape index (κ3) is 3.15. The minimum Gasteiger partial charge on any atom is -0.361 e. The minimum absolute atomic E-state index is 0.0566. The number of rotatable bonds is 5. The first-order valence-corrected chi connectivity index (χ1v) is 6.52. The van der Waals surface area contributed by atoms with E-state index in [1.165, 1.54) is 10.9 Å². The third-order valence-electron chi connectivity index (χ3n) is 3.36. The molecule has 2 aromatic rings. The third-order valence-corrected chi connectivity index (χ3v) is 3.36. The summed E-state index contributed by atoms with van der Waals surface area (Å²) in [5.74, 6) is 0.0566. The van der Waals surface area contributed by atoms with Gasteiger partial charge in [0.1, 0.15) is 0 Å². The predicted molar refractivity (Wildman–Crippen MR) is 77.9 cm³/mol. The number of fused-ring (bicyclic) bond motifs is 1. The van der Waals surface area contributed by atoms with Crippen molar-refractivity contribution in [2.75, 3.05) is 13.6 Å². The highest BCUT2D eigenvalue weighted by Crippen LogP contribution is 2.16. The minimum atomic E-state index is -0.396. The molecule has 1 aromatic heterocycles. The van der Waals surface area contributed by atoms with Crippen molar-refractivity contribution in [2.24, 2.45) is 5.41 Å². The van der Waals surface area contributed by atoms with E-state index < -0.39 is 5.41 Å². The van der Waals surface area contributed by atoms with Crippen molar-refractivity contribution in [1.82, 2.24) is 15.6 Å². The average Bonchev–Trinajstić information content (AvgIpc) is 2.84. The average molecular weight is 259 g/mol. The summed E-state index contributed by atoms with van der Waals surface area (Å²) in [5.41, 5.74) is 1.97. The number of aromatic nitrogens is 1. The van der Waals surface area contributed by atoms with Crippen LogP contribution in [0.2, 0.25) is 0 Å². The standard InChI is InChI=1S/C15H21N3O/c1-15(2,14(19)16-3)10-17-9-11-4-5-13-12(8-11)6-7-18-13/h4-8,17-18H,9-10H2,1-3H3,(H,16,19). The van der Waals surface area contributed by atoms with Crippen LogP contribution >= 0.6 is 0 Å². The van der Waals surface area contributed by atoms with Crippen LogP contribution in [-0.4, -0.2) is 24.5 Å². The van der Waals surface area contributed by atoms with Crippen LogP contribution in [0.1, 0.15) is 19.4 Å². The first kappa shape index (κ1) is 13.6. The van der Waals surface area contributed by atoms with Crippen LogP contribution in [0, 0.1) is 5.41 Å². The maximum atomic E-state index is 11.7. The van der Waals surface area contributed by atoms with Gasteiger partial charge in [-0.3, -0.25) is 4.79 Å². The van der Waals surface area contributed by atoms with E-state index in [4.69, 9.17) is 0 Å². The van der Waals surface area contributed by atoms with Gasteiger partial charge in [0.15, 0.2) is 0 Å². The molecule has 0 saturated carbocycles. The van der Waals surface area contributed by atoms with Crippen LogP contribution in [-0.2, 0) is 11.3 Å². The molecule has 0 aliphatic heterocycles. The normalized spacial score (nSPS) is 11.7. The smallest absolute Gasteiger partial charge is 0.226 e. The number of benzene rings is 1. The van der Waals surface area contributed by atoms with Crippen molar-refractivity contribution >= 4 is 16.8 Å². The summed E-state index contributed by atoms with van der Waals surface area (Å²) >= 11 is 0. The van der Waals surface area contributed by atoms with E-state index >= 15 is 0 Å². The molecular formula is C15H21N3O. The number of carbonyl (C=O) groups excluding carboxylic acids is 1. The zero-order valence-electron chi connectivity index (χ0n) is 11.7. The van der Waals surface area contributed by atoms with Crippen LogP contribution in [0.5, 0.6) is 0 Å². The Kier molecular flexibility index (Phi) is 3.90. The van der Waals surface area contributed by atoms with E-state index in [0.717, 1.165) is 12.1 Å². The molecule has 0 saturated heterocycles.